The number of guanidine groups is 1. The van der Waals surface area contributed by atoms with Gasteiger partial charge in [-0.05, 0) is 25.5 Å². The van der Waals surface area contributed by atoms with Crippen LogP contribution in [0.4, 0.5) is 19.0 Å². The molecule has 2 heterocycles. The molecule has 0 aromatic carbocycles. The molecule has 7 nitrogen and oxygen atoms in total. The van der Waals surface area contributed by atoms with Crippen LogP contribution >= 0.6 is 0 Å². The van der Waals surface area contributed by atoms with Crippen molar-refractivity contribution in [3.05, 3.63) is 23.9 Å². The summed E-state index contributed by atoms with van der Waals surface area (Å²) in [7, 11) is 1.65. The minimum atomic E-state index is -4.44. The van der Waals surface area contributed by atoms with Gasteiger partial charge in [-0.1, -0.05) is 0 Å². The largest absolute Gasteiger partial charge is 0.419 e. The number of methoxy groups -OCH3 is 1. The van der Waals surface area contributed by atoms with Gasteiger partial charge in [-0.15, -0.1) is 0 Å². The lowest BCUT2D eigenvalue weighted by atomic mass is 10.1. The van der Waals surface area contributed by atoms with E-state index in [1.165, 1.54) is 12.3 Å². The van der Waals surface area contributed by atoms with E-state index in [0.717, 1.165) is 38.1 Å². The second-order valence-electron chi connectivity index (χ2n) is 6.73. The predicted octanol–water partition coefficient (Wildman–Crippen LogP) is 2.46. The number of rotatable bonds is 10. The molecule has 1 atom stereocenters. The highest BCUT2D eigenvalue weighted by molar-refractivity contribution is 5.80. The molecule has 0 saturated carbocycles. The quantitative estimate of drug-likeness (QED) is 0.346. The Morgan fingerprint density at radius 2 is 2.21 bits per heavy atom. The van der Waals surface area contributed by atoms with Gasteiger partial charge >= 0.3 is 6.18 Å². The fourth-order valence-corrected chi connectivity index (χ4v) is 3.09. The highest BCUT2D eigenvalue weighted by Gasteiger charge is 2.34. The minimum absolute atomic E-state index is 0.172. The lowest BCUT2D eigenvalue weighted by Crippen LogP contribution is -2.40. The number of hydrogen-bond donors (Lipinski definition) is 2. The number of hydrogen-bond acceptors (Lipinski definition) is 5. The maximum absolute atomic E-state index is 13.0. The summed E-state index contributed by atoms with van der Waals surface area (Å²) in [4.78, 5) is 10.5. The Kier molecular flexibility index (Phi) is 9.46. The van der Waals surface area contributed by atoms with Crippen LogP contribution < -0.4 is 10.6 Å². The van der Waals surface area contributed by atoms with Crippen LogP contribution in [-0.4, -0.2) is 75.5 Å². The van der Waals surface area contributed by atoms with Gasteiger partial charge in [0.1, 0.15) is 5.82 Å². The highest BCUT2D eigenvalue weighted by Crippen LogP contribution is 2.33. The van der Waals surface area contributed by atoms with Crippen LogP contribution in [-0.2, 0) is 15.7 Å². The molecule has 1 saturated heterocycles. The van der Waals surface area contributed by atoms with Gasteiger partial charge in [0.25, 0.3) is 0 Å². The van der Waals surface area contributed by atoms with Crippen molar-refractivity contribution in [1.82, 2.24) is 15.2 Å². The minimum Gasteiger partial charge on any atom is -0.382 e. The van der Waals surface area contributed by atoms with Crippen molar-refractivity contribution in [2.24, 2.45) is 10.9 Å². The maximum Gasteiger partial charge on any atom is 0.419 e. The van der Waals surface area contributed by atoms with Crippen molar-refractivity contribution in [3.8, 4) is 0 Å². The SMILES string of the molecule is CCNC(=NCCNc1ncccc1C(F)(F)F)N1CCC(COCCOC)C1. The third-order valence-corrected chi connectivity index (χ3v) is 4.48. The average Bonchev–Trinajstić information content (AvgIpc) is 3.16. The van der Waals surface area contributed by atoms with Gasteiger partial charge in [-0.25, -0.2) is 4.98 Å². The van der Waals surface area contributed by atoms with Gasteiger partial charge in [0.2, 0.25) is 0 Å². The van der Waals surface area contributed by atoms with Crippen LogP contribution in [0, 0.1) is 5.92 Å². The lowest BCUT2D eigenvalue weighted by Gasteiger charge is -2.22. The Balaban J connectivity index is 1.84. The van der Waals surface area contributed by atoms with E-state index in [-0.39, 0.29) is 12.4 Å². The molecule has 1 aliphatic rings. The van der Waals surface area contributed by atoms with E-state index in [4.69, 9.17) is 9.47 Å². The lowest BCUT2D eigenvalue weighted by molar-refractivity contribution is -0.137. The molecule has 0 bridgehead atoms. The summed E-state index contributed by atoms with van der Waals surface area (Å²) < 4.78 is 49.6. The molecule has 1 aromatic rings. The Morgan fingerprint density at radius 1 is 1.38 bits per heavy atom. The number of anilines is 1. The summed E-state index contributed by atoms with van der Waals surface area (Å²) >= 11 is 0. The molecule has 0 aliphatic carbocycles. The van der Waals surface area contributed by atoms with E-state index in [1.54, 1.807) is 7.11 Å². The topological polar surface area (TPSA) is 71.0 Å². The van der Waals surface area contributed by atoms with Gasteiger partial charge < -0.3 is 25.0 Å². The molecule has 164 valence electrons. The average molecular weight is 417 g/mol. The zero-order chi connectivity index (χ0) is 21.1. The van der Waals surface area contributed by atoms with E-state index in [9.17, 15) is 13.2 Å². The maximum atomic E-state index is 13.0. The third-order valence-electron chi connectivity index (χ3n) is 4.48. The molecule has 1 aliphatic heterocycles. The van der Waals surface area contributed by atoms with Crippen molar-refractivity contribution in [2.45, 2.75) is 19.5 Å². The number of pyridine rings is 1. The summed E-state index contributed by atoms with van der Waals surface area (Å²) in [6.07, 6.45) is -2.09. The summed E-state index contributed by atoms with van der Waals surface area (Å²) in [5.41, 5.74) is -0.772. The van der Waals surface area contributed by atoms with Gasteiger partial charge in [-0.2, -0.15) is 13.2 Å². The van der Waals surface area contributed by atoms with Gasteiger partial charge in [0.05, 0.1) is 31.9 Å². The van der Waals surface area contributed by atoms with Crippen molar-refractivity contribution < 1.29 is 22.6 Å². The van der Waals surface area contributed by atoms with Crippen molar-refractivity contribution in [3.63, 3.8) is 0 Å². The molecule has 1 unspecified atom stereocenters. The molecule has 29 heavy (non-hydrogen) atoms. The zero-order valence-electron chi connectivity index (χ0n) is 17.0. The summed E-state index contributed by atoms with van der Waals surface area (Å²) in [6.45, 7) is 6.85. The number of likely N-dealkylation sites (tertiary alicyclic amines) is 1. The van der Waals surface area contributed by atoms with Gasteiger partial charge in [-0.3, -0.25) is 4.99 Å². The summed E-state index contributed by atoms with van der Waals surface area (Å²) in [5, 5.41) is 5.99. The van der Waals surface area contributed by atoms with Crippen LogP contribution in [0.1, 0.15) is 18.9 Å². The van der Waals surface area contributed by atoms with Crippen LogP contribution in [0.5, 0.6) is 0 Å². The second kappa shape index (κ2) is 11.8. The first-order valence-electron chi connectivity index (χ1n) is 9.81. The Labute approximate surface area is 169 Å². The van der Waals surface area contributed by atoms with E-state index in [0.29, 0.717) is 32.3 Å². The first kappa shape index (κ1) is 23.2. The van der Waals surface area contributed by atoms with Gasteiger partial charge in [0.15, 0.2) is 5.96 Å². The number of nitrogens with one attached hydrogen (secondary N) is 2. The van der Waals surface area contributed by atoms with E-state index >= 15 is 0 Å². The van der Waals surface area contributed by atoms with Gasteiger partial charge in [0, 0.05) is 45.4 Å². The Morgan fingerprint density at radius 3 is 2.93 bits per heavy atom. The molecule has 0 amide bonds. The summed E-state index contributed by atoms with van der Waals surface area (Å²) in [5.74, 6) is 1.03. The second-order valence-corrected chi connectivity index (χ2v) is 6.73. The van der Waals surface area contributed by atoms with E-state index < -0.39 is 11.7 Å². The smallest absolute Gasteiger partial charge is 0.382 e. The number of aliphatic imine (C=N–C) groups is 1. The molecule has 2 rings (SSSR count). The van der Waals surface area contributed by atoms with Crippen LogP contribution in [0.3, 0.4) is 0 Å². The molecular formula is C19H30F3N5O2. The number of nitrogens with zero attached hydrogens (tertiary/aromatic N) is 3. The standard InChI is InChI=1S/C19H30F3N5O2/c1-3-23-18(27-10-6-15(13-27)14-29-12-11-28-2)26-9-8-25-17-16(19(20,21)22)5-4-7-24-17/h4-5,7,15H,3,6,8-14H2,1-2H3,(H,23,26)(H,24,25). The molecular weight excluding hydrogens is 387 g/mol. The van der Waals surface area contributed by atoms with Crippen LogP contribution in [0.2, 0.25) is 0 Å². The third kappa shape index (κ3) is 7.69. The molecule has 10 heteroatoms. The predicted molar refractivity (Wildman–Crippen MR) is 106 cm³/mol. The highest BCUT2D eigenvalue weighted by atomic mass is 19.4. The van der Waals surface area contributed by atoms with Crippen LogP contribution in [0.25, 0.3) is 0 Å². The molecule has 1 aromatic heterocycles. The number of alkyl halides is 3. The number of halogens is 3. The van der Waals surface area contributed by atoms with E-state index in [1.807, 2.05) is 6.92 Å². The first-order chi connectivity index (χ1) is 14.0. The Hall–Kier alpha value is -2.07. The normalized spacial score (nSPS) is 17.6. The van der Waals surface area contributed by atoms with Crippen molar-refractivity contribution >= 4 is 11.8 Å². The van der Waals surface area contributed by atoms with Crippen molar-refractivity contribution in [2.75, 3.05) is 65.0 Å². The van der Waals surface area contributed by atoms with E-state index in [2.05, 4.69) is 25.5 Å². The Bertz CT molecular complexity index is 643. The molecule has 0 spiro atoms. The number of ether oxygens (including phenoxy) is 2. The molecule has 0 radical (unpaired) electrons. The molecule has 1 fully saturated rings. The van der Waals surface area contributed by atoms with Crippen molar-refractivity contribution in [1.29, 1.82) is 0 Å². The monoisotopic (exact) mass is 417 g/mol. The first-order valence-corrected chi connectivity index (χ1v) is 9.81. The zero-order valence-corrected chi connectivity index (χ0v) is 17.0. The number of aromatic nitrogens is 1. The molecule has 2 N–H and O–H groups in total. The fraction of sp³-hybridized carbons (Fsp3) is 0.684. The summed E-state index contributed by atoms with van der Waals surface area (Å²) in [6, 6.07) is 2.29. The van der Waals surface area contributed by atoms with Crippen LogP contribution in [0.15, 0.2) is 23.3 Å². The fourth-order valence-electron chi connectivity index (χ4n) is 3.09.